The maximum Gasteiger partial charge on any atom is 0.169 e. The van der Waals surface area contributed by atoms with Gasteiger partial charge in [0.2, 0.25) is 0 Å². The van der Waals surface area contributed by atoms with E-state index in [2.05, 4.69) is 0 Å². The number of methoxy groups -OCH3 is 1. The van der Waals surface area contributed by atoms with Crippen molar-refractivity contribution in [3.8, 4) is 17.2 Å². The van der Waals surface area contributed by atoms with Gasteiger partial charge in [-0.1, -0.05) is 6.07 Å². The van der Waals surface area contributed by atoms with Gasteiger partial charge in [-0.3, -0.25) is 0 Å². The summed E-state index contributed by atoms with van der Waals surface area (Å²) < 4.78 is 11.1. The third kappa shape index (κ3) is 2.19. The number of thiophene rings is 1. The van der Waals surface area contributed by atoms with Crippen LogP contribution in [0.4, 0.5) is 0 Å². The van der Waals surface area contributed by atoms with Crippen LogP contribution in [0.2, 0.25) is 0 Å². The number of benzene rings is 1. The van der Waals surface area contributed by atoms with Crippen LogP contribution in [0.1, 0.15) is 10.4 Å². The van der Waals surface area contributed by atoms with Crippen molar-refractivity contribution >= 4 is 11.3 Å². The quantitative estimate of drug-likeness (QED) is 0.793. The molecule has 0 radical (unpaired) electrons. The maximum absolute atomic E-state index is 5.81. The summed E-state index contributed by atoms with van der Waals surface area (Å²) in [6.45, 7) is 4.07. The number of rotatable bonds is 3. The van der Waals surface area contributed by atoms with Crippen LogP contribution >= 0.6 is 11.3 Å². The molecule has 2 aromatic rings. The standard InChI is InChI=1S/C13H14O2S/c1-9-4-5-12(13(8-9)14-3)15-11-6-7-16-10(11)2/h4-8H,1-3H3. The minimum atomic E-state index is 0.759. The first kappa shape index (κ1) is 11.0. The summed E-state index contributed by atoms with van der Waals surface area (Å²) in [5, 5.41) is 2.02. The zero-order chi connectivity index (χ0) is 11.5. The summed E-state index contributed by atoms with van der Waals surface area (Å²) in [5.41, 5.74) is 1.16. The molecule has 0 aliphatic carbocycles. The molecule has 0 atom stereocenters. The van der Waals surface area contributed by atoms with Crippen molar-refractivity contribution < 1.29 is 9.47 Å². The highest BCUT2D eigenvalue weighted by molar-refractivity contribution is 7.10. The van der Waals surface area contributed by atoms with E-state index in [1.807, 2.05) is 43.5 Å². The molecular weight excluding hydrogens is 220 g/mol. The number of aryl methyl sites for hydroxylation is 2. The Hall–Kier alpha value is -1.48. The van der Waals surface area contributed by atoms with Gasteiger partial charge in [0.25, 0.3) is 0 Å². The molecule has 0 aliphatic rings. The first-order valence-corrected chi connectivity index (χ1v) is 5.95. The lowest BCUT2D eigenvalue weighted by Crippen LogP contribution is -1.90. The Morgan fingerprint density at radius 1 is 1.00 bits per heavy atom. The van der Waals surface area contributed by atoms with E-state index < -0.39 is 0 Å². The van der Waals surface area contributed by atoms with E-state index in [4.69, 9.17) is 9.47 Å². The molecule has 0 unspecified atom stereocenters. The third-order valence-electron chi connectivity index (χ3n) is 2.35. The van der Waals surface area contributed by atoms with Gasteiger partial charge in [0.1, 0.15) is 5.75 Å². The molecule has 0 bridgehead atoms. The van der Waals surface area contributed by atoms with Crippen LogP contribution < -0.4 is 9.47 Å². The fraction of sp³-hybridized carbons (Fsp3) is 0.231. The molecule has 0 saturated heterocycles. The lowest BCUT2D eigenvalue weighted by atomic mass is 10.2. The summed E-state index contributed by atoms with van der Waals surface area (Å²) in [6.07, 6.45) is 0. The van der Waals surface area contributed by atoms with Gasteiger partial charge in [-0.2, -0.15) is 0 Å². The van der Waals surface area contributed by atoms with Crippen molar-refractivity contribution in [2.24, 2.45) is 0 Å². The number of hydrogen-bond donors (Lipinski definition) is 0. The zero-order valence-electron chi connectivity index (χ0n) is 9.61. The molecule has 0 fully saturated rings. The average Bonchev–Trinajstić information content (AvgIpc) is 2.67. The molecule has 1 aromatic heterocycles. The highest BCUT2D eigenvalue weighted by atomic mass is 32.1. The second kappa shape index (κ2) is 4.58. The molecule has 1 aromatic carbocycles. The summed E-state index contributed by atoms with van der Waals surface area (Å²) in [4.78, 5) is 1.17. The van der Waals surface area contributed by atoms with Gasteiger partial charge in [0.15, 0.2) is 11.5 Å². The Kier molecular flexibility index (Phi) is 3.15. The van der Waals surface area contributed by atoms with Gasteiger partial charge in [0, 0.05) is 4.88 Å². The Morgan fingerprint density at radius 2 is 1.81 bits per heavy atom. The molecule has 0 spiro atoms. The Balaban J connectivity index is 2.31. The normalized spacial score (nSPS) is 10.2. The highest BCUT2D eigenvalue weighted by Gasteiger charge is 2.07. The third-order valence-corrected chi connectivity index (χ3v) is 3.18. The smallest absolute Gasteiger partial charge is 0.169 e. The van der Waals surface area contributed by atoms with Crippen LogP contribution in [0, 0.1) is 13.8 Å². The van der Waals surface area contributed by atoms with Crippen LogP contribution in [0.3, 0.4) is 0 Å². The van der Waals surface area contributed by atoms with E-state index in [-0.39, 0.29) is 0 Å². The summed E-state index contributed by atoms with van der Waals surface area (Å²) >= 11 is 1.67. The van der Waals surface area contributed by atoms with Crippen LogP contribution in [0.15, 0.2) is 29.6 Å². The first-order valence-electron chi connectivity index (χ1n) is 5.07. The maximum atomic E-state index is 5.81. The molecule has 2 rings (SSSR count). The van der Waals surface area contributed by atoms with E-state index in [1.165, 1.54) is 4.88 Å². The van der Waals surface area contributed by atoms with Crippen LogP contribution in [-0.2, 0) is 0 Å². The molecular formula is C13H14O2S. The van der Waals surface area contributed by atoms with Crippen molar-refractivity contribution in [3.63, 3.8) is 0 Å². The molecule has 0 N–H and O–H groups in total. The fourth-order valence-electron chi connectivity index (χ4n) is 1.46. The van der Waals surface area contributed by atoms with Gasteiger partial charge >= 0.3 is 0 Å². The second-order valence-corrected chi connectivity index (χ2v) is 4.72. The predicted octanol–water partition coefficient (Wildman–Crippen LogP) is 4.17. The van der Waals surface area contributed by atoms with Crippen LogP contribution in [0.5, 0.6) is 17.2 Å². The van der Waals surface area contributed by atoms with Gasteiger partial charge in [-0.15, -0.1) is 11.3 Å². The van der Waals surface area contributed by atoms with Crippen molar-refractivity contribution in [1.29, 1.82) is 0 Å². The first-order chi connectivity index (χ1) is 7.70. The Labute approximate surface area is 99.5 Å². The molecule has 0 aliphatic heterocycles. The lowest BCUT2D eigenvalue weighted by Gasteiger charge is -2.10. The van der Waals surface area contributed by atoms with Crippen molar-refractivity contribution in [2.75, 3.05) is 7.11 Å². The minimum absolute atomic E-state index is 0.759. The molecule has 0 saturated carbocycles. The van der Waals surface area contributed by atoms with E-state index in [0.717, 1.165) is 22.8 Å². The van der Waals surface area contributed by atoms with Crippen molar-refractivity contribution in [1.82, 2.24) is 0 Å². The summed E-state index contributed by atoms with van der Waals surface area (Å²) in [5.74, 6) is 2.42. The summed E-state index contributed by atoms with van der Waals surface area (Å²) in [7, 11) is 1.65. The number of hydrogen-bond acceptors (Lipinski definition) is 3. The minimum Gasteiger partial charge on any atom is -0.493 e. The van der Waals surface area contributed by atoms with Gasteiger partial charge in [-0.25, -0.2) is 0 Å². The second-order valence-electron chi connectivity index (χ2n) is 3.60. The SMILES string of the molecule is COc1cc(C)ccc1Oc1ccsc1C. The predicted molar refractivity (Wildman–Crippen MR) is 66.9 cm³/mol. The molecule has 0 amide bonds. The monoisotopic (exact) mass is 234 g/mol. The molecule has 84 valence electrons. The summed E-state index contributed by atoms with van der Waals surface area (Å²) in [6, 6.07) is 7.89. The highest BCUT2D eigenvalue weighted by Crippen LogP contribution is 2.35. The molecule has 1 heterocycles. The largest absolute Gasteiger partial charge is 0.493 e. The molecule has 2 nitrogen and oxygen atoms in total. The molecule has 3 heteroatoms. The van der Waals surface area contributed by atoms with E-state index in [1.54, 1.807) is 18.4 Å². The number of ether oxygens (including phenoxy) is 2. The fourth-order valence-corrected chi connectivity index (χ4v) is 2.08. The van der Waals surface area contributed by atoms with E-state index in [9.17, 15) is 0 Å². The van der Waals surface area contributed by atoms with Crippen LogP contribution in [-0.4, -0.2) is 7.11 Å². The topological polar surface area (TPSA) is 18.5 Å². The van der Waals surface area contributed by atoms with Crippen molar-refractivity contribution in [2.45, 2.75) is 13.8 Å². The van der Waals surface area contributed by atoms with Gasteiger partial charge in [-0.05, 0) is 43.0 Å². The van der Waals surface area contributed by atoms with Gasteiger partial charge in [0.05, 0.1) is 7.11 Å². The Morgan fingerprint density at radius 3 is 2.44 bits per heavy atom. The average molecular weight is 234 g/mol. The molecule has 16 heavy (non-hydrogen) atoms. The van der Waals surface area contributed by atoms with E-state index >= 15 is 0 Å². The Bertz CT molecular complexity index is 488. The van der Waals surface area contributed by atoms with Crippen LogP contribution in [0.25, 0.3) is 0 Å². The zero-order valence-corrected chi connectivity index (χ0v) is 10.4. The van der Waals surface area contributed by atoms with E-state index in [0.29, 0.717) is 0 Å². The lowest BCUT2D eigenvalue weighted by molar-refractivity contribution is 0.378. The van der Waals surface area contributed by atoms with Crippen molar-refractivity contribution in [3.05, 3.63) is 40.1 Å². The van der Waals surface area contributed by atoms with Gasteiger partial charge < -0.3 is 9.47 Å².